The summed E-state index contributed by atoms with van der Waals surface area (Å²) >= 11 is 1.51. The first-order valence-electron chi connectivity index (χ1n) is 12.5. The number of nitrogens with zero attached hydrogens (tertiary/aromatic N) is 2. The number of anilines is 1. The summed E-state index contributed by atoms with van der Waals surface area (Å²) in [5.74, 6) is 0.751. The highest BCUT2D eigenvalue weighted by Gasteiger charge is 2.20. The van der Waals surface area contributed by atoms with Gasteiger partial charge in [0, 0.05) is 24.0 Å². The molecule has 3 heterocycles. The lowest BCUT2D eigenvalue weighted by Crippen LogP contribution is -2.43. The van der Waals surface area contributed by atoms with Crippen LogP contribution < -0.4 is 10.6 Å². The summed E-state index contributed by atoms with van der Waals surface area (Å²) in [5, 5.41) is 25.8. The zero-order valence-corrected chi connectivity index (χ0v) is 20.8. The number of aliphatic hydroxyl groups is 2. The van der Waals surface area contributed by atoms with Crippen molar-refractivity contribution in [1.29, 1.82) is 0 Å². The number of aromatic nitrogens is 2. The van der Waals surface area contributed by atoms with Crippen molar-refractivity contribution < 1.29 is 15.0 Å². The summed E-state index contributed by atoms with van der Waals surface area (Å²) < 4.78 is 0. The average Bonchev–Trinajstić information content (AvgIpc) is 3.42. The molecule has 1 aromatic carbocycles. The number of benzene rings is 1. The van der Waals surface area contributed by atoms with E-state index in [0.717, 1.165) is 73.4 Å². The van der Waals surface area contributed by atoms with Crippen molar-refractivity contribution in [2.75, 3.05) is 11.9 Å². The lowest BCUT2D eigenvalue weighted by molar-refractivity contribution is -0.0670. The quantitative estimate of drug-likeness (QED) is 0.217. The standard InChI is InChI=1S/C27H34N4O3S/c32-26(21-9-6-8-20(16-21)24-17-28-18-35-24)31-23(27(33)34)12-5-3-1-2-4-11-22-14-13-19-10-7-15-29-25(19)30-22/h6,8-9,13-14,16-18,23,27,33-34H,1-5,7,10-12,15H2,(H,29,30)(H,31,32)/t23-/m1/s1. The minimum Gasteiger partial charge on any atom is -0.370 e. The molecule has 0 bridgehead atoms. The van der Waals surface area contributed by atoms with Crippen LogP contribution in [0.3, 0.4) is 0 Å². The molecule has 8 heteroatoms. The Balaban J connectivity index is 1.16. The molecule has 2 aromatic heterocycles. The number of fused-ring (bicyclic) bond motifs is 1. The van der Waals surface area contributed by atoms with Crippen LogP contribution >= 0.6 is 11.3 Å². The minimum absolute atomic E-state index is 0.304. The number of amides is 1. The lowest BCUT2D eigenvalue weighted by Gasteiger charge is -2.20. The molecule has 7 nitrogen and oxygen atoms in total. The number of carbonyl (C=O) groups is 1. The number of aryl methyl sites for hydroxylation is 2. The molecule has 1 aliphatic heterocycles. The maximum absolute atomic E-state index is 12.7. The van der Waals surface area contributed by atoms with Gasteiger partial charge in [-0.05, 0) is 61.4 Å². The largest absolute Gasteiger partial charge is 0.370 e. The first kappa shape index (κ1) is 25.3. The number of hydrogen-bond donors (Lipinski definition) is 4. The molecule has 4 N–H and O–H groups in total. The fraction of sp³-hybridized carbons (Fsp3) is 0.444. The van der Waals surface area contributed by atoms with E-state index in [-0.39, 0.29) is 5.91 Å². The molecule has 0 radical (unpaired) electrons. The lowest BCUT2D eigenvalue weighted by atomic mass is 10.0. The van der Waals surface area contributed by atoms with Crippen LogP contribution in [0, 0.1) is 0 Å². The van der Waals surface area contributed by atoms with Gasteiger partial charge >= 0.3 is 0 Å². The second-order valence-corrected chi connectivity index (χ2v) is 9.97. The van der Waals surface area contributed by atoms with E-state index in [2.05, 4.69) is 27.8 Å². The minimum atomic E-state index is -1.59. The Bertz CT molecular complexity index is 1090. The molecule has 4 rings (SSSR count). The summed E-state index contributed by atoms with van der Waals surface area (Å²) in [6.45, 7) is 1.01. The number of hydrogen-bond acceptors (Lipinski definition) is 7. The van der Waals surface area contributed by atoms with E-state index in [1.165, 1.54) is 23.3 Å². The van der Waals surface area contributed by atoms with Gasteiger partial charge in [-0.3, -0.25) is 9.78 Å². The first-order chi connectivity index (χ1) is 17.1. The van der Waals surface area contributed by atoms with Crippen molar-refractivity contribution in [3.63, 3.8) is 0 Å². The molecule has 186 valence electrons. The Morgan fingerprint density at radius 1 is 1.11 bits per heavy atom. The van der Waals surface area contributed by atoms with E-state index in [4.69, 9.17) is 4.98 Å². The van der Waals surface area contributed by atoms with Crippen LogP contribution in [0.2, 0.25) is 0 Å². The number of aliphatic hydroxyl groups excluding tert-OH is 1. The Morgan fingerprint density at radius 2 is 1.97 bits per heavy atom. The van der Waals surface area contributed by atoms with Crippen LogP contribution in [-0.2, 0) is 12.8 Å². The first-order valence-corrected chi connectivity index (χ1v) is 13.4. The Morgan fingerprint density at radius 3 is 2.80 bits per heavy atom. The van der Waals surface area contributed by atoms with E-state index in [1.54, 1.807) is 23.8 Å². The second-order valence-electron chi connectivity index (χ2n) is 9.09. The topological polar surface area (TPSA) is 107 Å². The van der Waals surface area contributed by atoms with Crippen LogP contribution in [-0.4, -0.2) is 45.0 Å². The van der Waals surface area contributed by atoms with Gasteiger partial charge in [0.1, 0.15) is 5.82 Å². The predicted octanol–water partition coefficient (Wildman–Crippen LogP) is 4.56. The average molecular weight is 495 g/mol. The molecule has 1 atom stereocenters. The monoisotopic (exact) mass is 494 g/mol. The molecular formula is C27H34N4O3S. The number of rotatable bonds is 12. The Labute approximate surface area is 210 Å². The number of thiazole rings is 1. The maximum Gasteiger partial charge on any atom is 0.251 e. The molecule has 0 saturated heterocycles. The highest BCUT2D eigenvalue weighted by molar-refractivity contribution is 7.13. The Hall–Kier alpha value is -2.81. The van der Waals surface area contributed by atoms with Crippen molar-refractivity contribution >= 4 is 23.1 Å². The molecule has 0 unspecified atom stereocenters. The Kier molecular flexibility index (Phi) is 9.22. The SMILES string of the molecule is O=C(N[C@H](CCCCCCCc1ccc2c(n1)NCCC2)C(O)O)c1cccc(-c2cncs2)c1. The zero-order chi connectivity index (χ0) is 24.5. The van der Waals surface area contributed by atoms with Gasteiger partial charge in [-0.2, -0.15) is 0 Å². The van der Waals surface area contributed by atoms with Crippen LogP contribution in [0.4, 0.5) is 5.82 Å². The van der Waals surface area contributed by atoms with Gasteiger partial charge in [0.15, 0.2) is 6.29 Å². The fourth-order valence-electron chi connectivity index (χ4n) is 4.43. The van der Waals surface area contributed by atoms with Crippen molar-refractivity contribution in [2.24, 2.45) is 0 Å². The molecule has 0 spiro atoms. The maximum atomic E-state index is 12.7. The highest BCUT2D eigenvalue weighted by Crippen LogP contribution is 2.24. The van der Waals surface area contributed by atoms with Gasteiger partial charge in [-0.1, -0.05) is 43.9 Å². The van der Waals surface area contributed by atoms with Crippen LogP contribution in [0.25, 0.3) is 10.4 Å². The fourth-order valence-corrected chi connectivity index (χ4v) is 5.05. The second kappa shape index (κ2) is 12.8. The van der Waals surface area contributed by atoms with Crippen molar-refractivity contribution in [3.05, 3.63) is 64.9 Å². The summed E-state index contributed by atoms with van der Waals surface area (Å²) in [5.41, 5.74) is 5.63. The molecule has 0 saturated carbocycles. The van der Waals surface area contributed by atoms with E-state index >= 15 is 0 Å². The molecule has 3 aromatic rings. The third-order valence-electron chi connectivity index (χ3n) is 6.42. The van der Waals surface area contributed by atoms with Crippen LogP contribution in [0.5, 0.6) is 0 Å². The van der Waals surface area contributed by atoms with Crippen molar-refractivity contribution in [2.45, 2.75) is 70.1 Å². The number of carbonyl (C=O) groups excluding carboxylic acids is 1. The van der Waals surface area contributed by atoms with Gasteiger partial charge in [0.25, 0.3) is 5.91 Å². The summed E-state index contributed by atoms with van der Waals surface area (Å²) in [6, 6.07) is 10.9. The predicted molar refractivity (Wildman–Crippen MR) is 139 cm³/mol. The zero-order valence-electron chi connectivity index (χ0n) is 19.9. The number of unbranched alkanes of at least 4 members (excludes halogenated alkanes) is 4. The smallest absolute Gasteiger partial charge is 0.251 e. The van der Waals surface area contributed by atoms with Gasteiger partial charge in [0.05, 0.1) is 16.4 Å². The van der Waals surface area contributed by atoms with E-state index in [1.807, 2.05) is 12.1 Å². The van der Waals surface area contributed by atoms with Gasteiger partial charge in [-0.25, -0.2) is 4.98 Å². The van der Waals surface area contributed by atoms with Crippen molar-refractivity contribution in [1.82, 2.24) is 15.3 Å². The van der Waals surface area contributed by atoms with Gasteiger partial charge in [0.2, 0.25) is 0 Å². The molecule has 0 fully saturated rings. The normalized spacial score (nSPS) is 13.8. The summed E-state index contributed by atoms with van der Waals surface area (Å²) in [6.07, 6.45) is 9.03. The third-order valence-corrected chi connectivity index (χ3v) is 7.24. The molecule has 0 aliphatic carbocycles. The van der Waals surface area contributed by atoms with Gasteiger partial charge in [-0.15, -0.1) is 11.3 Å². The van der Waals surface area contributed by atoms with Gasteiger partial charge < -0.3 is 20.8 Å². The highest BCUT2D eigenvalue weighted by atomic mass is 32.1. The van der Waals surface area contributed by atoms with E-state index in [0.29, 0.717) is 12.0 Å². The third kappa shape index (κ3) is 7.34. The molecule has 1 aliphatic rings. The van der Waals surface area contributed by atoms with Crippen molar-refractivity contribution in [3.8, 4) is 10.4 Å². The van der Waals surface area contributed by atoms with E-state index in [9.17, 15) is 15.0 Å². The van der Waals surface area contributed by atoms with Crippen LogP contribution in [0.15, 0.2) is 48.1 Å². The van der Waals surface area contributed by atoms with E-state index < -0.39 is 12.3 Å². The summed E-state index contributed by atoms with van der Waals surface area (Å²) in [4.78, 5) is 22.5. The molecule has 1 amide bonds. The summed E-state index contributed by atoms with van der Waals surface area (Å²) in [7, 11) is 0. The number of nitrogens with one attached hydrogen (secondary N) is 2. The van der Waals surface area contributed by atoms with Crippen LogP contribution in [0.1, 0.15) is 66.6 Å². The number of pyridine rings is 1. The molecule has 35 heavy (non-hydrogen) atoms. The molecular weight excluding hydrogens is 460 g/mol.